The minimum Gasteiger partial charge on any atom is -0.382 e. The number of methoxy groups -OCH3 is 1. The molecule has 1 aromatic carbocycles. The van der Waals surface area contributed by atoms with Gasteiger partial charge in [0.2, 0.25) is 0 Å². The van der Waals surface area contributed by atoms with Gasteiger partial charge in [-0.1, -0.05) is 24.3 Å². The molecule has 112 valence electrons. The molecule has 4 N–H and O–H groups in total. The highest BCUT2D eigenvalue weighted by atomic mass is 16.5. The number of ether oxygens (including phenoxy) is 1. The Bertz CT molecular complexity index is 655. The largest absolute Gasteiger partial charge is 0.382 e. The lowest BCUT2D eigenvalue weighted by Crippen LogP contribution is -2.47. The zero-order chi connectivity index (χ0) is 15.5. The second-order valence-electron chi connectivity index (χ2n) is 5.49. The Balaban J connectivity index is 2.36. The highest BCUT2D eigenvalue weighted by molar-refractivity contribution is 6.00. The first-order chi connectivity index (χ1) is 9.96. The number of hydrazine groups is 1. The molecular formula is C15H20N4O2. The summed E-state index contributed by atoms with van der Waals surface area (Å²) in [6.07, 6.45) is 0. The Morgan fingerprint density at radius 3 is 2.76 bits per heavy atom. The maximum absolute atomic E-state index is 12.3. The van der Waals surface area contributed by atoms with Crippen LogP contribution in [0.15, 0.2) is 30.3 Å². The normalized spacial score (nSPS) is 11.4. The number of pyridine rings is 1. The Hall–Kier alpha value is -2.18. The predicted octanol–water partition coefficient (Wildman–Crippen LogP) is 1.68. The summed E-state index contributed by atoms with van der Waals surface area (Å²) in [5.74, 6) is 5.71. The van der Waals surface area contributed by atoms with Gasteiger partial charge in [0.25, 0.3) is 5.91 Å². The molecule has 0 aliphatic rings. The van der Waals surface area contributed by atoms with Crippen LogP contribution in [0.5, 0.6) is 0 Å². The SMILES string of the molecule is COCC(C)(C)NC(=O)c1cc2ccccc2c(NN)n1. The molecule has 0 radical (unpaired) electrons. The number of carbonyl (C=O) groups excluding carboxylic acids is 1. The molecule has 0 fully saturated rings. The molecule has 6 heteroatoms. The summed E-state index contributed by atoms with van der Waals surface area (Å²) in [7, 11) is 1.60. The summed E-state index contributed by atoms with van der Waals surface area (Å²) in [5, 5.41) is 4.66. The molecule has 0 aliphatic carbocycles. The first-order valence-electron chi connectivity index (χ1n) is 6.65. The second-order valence-corrected chi connectivity index (χ2v) is 5.49. The van der Waals surface area contributed by atoms with E-state index >= 15 is 0 Å². The van der Waals surface area contributed by atoms with Crippen LogP contribution in [0, 0.1) is 0 Å². The van der Waals surface area contributed by atoms with Crippen molar-refractivity contribution in [2.24, 2.45) is 5.84 Å². The first kappa shape index (κ1) is 15.2. The van der Waals surface area contributed by atoms with Gasteiger partial charge in [-0.25, -0.2) is 10.8 Å². The standard InChI is InChI=1S/C15H20N4O2/c1-15(2,9-21-3)18-14(20)12-8-10-6-4-5-7-11(10)13(17-12)19-16/h4-8H,9,16H2,1-3H3,(H,17,19)(H,18,20). The highest BCUT2D eigenvalue weighted by Crippen LogP contribution is 2.22. The van der Waals surface area contributed by atoms with Crippen molar-refractivity contribution in [2.75, 3.05) is 19.1 Å². The number of fused-ring (bicyclic) bond motifs is 1. The van der Waals surface area contributed by atoms with Crippen molar-refractivity contribution in [3.8, 4) is 0 Å². The van der Waals surface area contributed by atoms with E-state index in [4.69, 9.17) is 10.6 Å². The summed E-state index contributed by atoms with van der Waals surface area (Å²) in [5.41, 5.74) is 2.37. The lowest BCUT2D eigenvalue weighted by atomic mass is 10.1. The van der Waals surface area contributed by atoms with Gasteiger partial charge in [0.05, 0.1) is 12.1 Å². The zero-order valence-corrected chi connectivity index (χ0v) is 12.4. The Morgan fingerprint density at radius 1 is 1.38 bits per heavy atom. The monoisotopic (exact) mass is 288 g/mol. The van der Waals surface area contributed by atoms with Gasteiger partial charge in [-0.05, 0) is 25.3 Å². The predicted molar refractivity (Wildman–Crippen MR) is 83.0 cm³/mol. The second kappa shape index (κ2) is 6.07. The summed E-state index contributed by atoms with van der Waals surface area (Å²) < 4.78 is 5.09. The molecule has 1 amide bonds. The van der Waals surface area contributed by atoms with Crippen LogP contribution >= 0.6 is 0 Å². The molecule has 1 heterocycles. The lowest BCUT2D eigenvalue weighted by molar-refractivity contribution is 0.0815. The third kappa shape index (κ3) is 3.48. The number of hydrogen-bond donors (Lipinski definition) is 3. The van der Waals surface area contributed by atoms with E-state index in [1.807, 2.05) is 38.1 Å². The number of rotatable bonds is 5. The van der Waals surface area contributed by atoms with Crippen LogP contribution in [-0.2, 0) is 4.74 Å². The van der Waals surface area contributed by atoms with Gasteiger partial charge in [-0.3, -0.25) is 4.79 Å². The number of nitrogens with two attached hydrogens (primary N) is 1. The van der Waals surface area contributed by atoms with Crippen molar-refractivity contribution in [3.05, 3.63) is 36.0 Å². The molecule has 2 aromatic rings. The van der Waals surface area contributed by atoms with Gasteiger partial charge in [0.1, 0.15) is 11.5 Å². The van der Waals surface area contributed by atoms with Gasteiger partial charge in [0.15, 0.2) is 0 Å². The quantitative estimate of drug-likeness (QED) is 0.575. The summed E-state index contributed by atoms with van der Waals surface area (Å²) in [6.45, 7) is 4.18. The molecule has 0 unspecified atom stereocenters. The van der Waals surface area contributed by atoms with Crippen molar-refractivity contribution in [1.82, 2.24) is 10.3 Å². The van der Waals surface area contributed by atoms with Crippen LogP contribution in [0.2, 0.25) is 0 Å². The molecule has 21 heavy (non-hydrogen) atoms. The Kier molecular flexibility index (Phi) is 4.40. The average molecular weight is 288 g/mol. The summed E-state index contributed by atoms with van der Waals surface area (Å²) in [4.78, 5) is 16.6. The van der Waals surface area contributed by atoms with Crippen LogP contribution in [-0.4, -0.2) is 30.1 Å². The molecule has 1 aromatic heterocycles. The van der Waals surface area contributed by atoms with Crippen LogP contribution in [0.1, 0.15) is 24.3 Å². The number of benzene rings is 1. The fourth-order valence-electron chi connectivity index (χ4n) is 2.19. The first-order valence-corrected chi connectivity index (χ1v) is 6.65. The van der Waals surface area contributed by atoms with E-state index < -0.39 is 5.54 Å². The van der Waals surface area contributed by atoms with Gasteiger partial charge in [-0.15, -0.1) is 0 Å². The molecule has 0 aliphatic heterocycles. The number of nitrogens with zero attached hydrogens (tertiary/aromatic N) is 1. The van der Waals surface area contributed by atoms with Crippen molar-refractivity contribution in [1.29, 1.82) is 0 Å². The molecule has 0 saturated heterocycles. The van der Waals surface area contributed by atoms with E-state index in [-0.39, 0.29) is 5.91 Å². The molecule has 0 atom stereocenters. The molecule has 0 bridgehead atoms. The minimum atomic E-state index is -0.477. The lowest BCUT2D eigenvalue weighted by Gasteiger charge is -2.25. The average Bonchev–Trinajstić information content (AvgIpc) is 2.45. The zero-order valence-electron chi connectivity index (χ0n) is 12.4. The van der Waals surface area contributed by atoms with E-state index in [1.54, 1.807) is 13.2 Å². The fraction of sp³-hybridized carbons (Fsp3) is 0.333. The van der Waals surface area contributed by atoms with E-state index in [9.17, 15) is 4.79 Å². The van der Waals surface area contributed by atoms with E-state index in [0.29, 0.717) is 18.1 Å². The van der Waals surface area contributed by atoms with Crippen molar-refractivity contribution >= 4 is 22.5 Å². The van der Waals surface area contributed by atoms with Crippen LogP contribution in [0.25, 0.3) is 10.8 Å². The van der Waals surface area contributed by atoms with Crippen molar-refractivity contribution < 1.29 is 9.53 Å². The maximum Gasteiger partial charge on any atom is 0.270 e. The van der Waals surface area contributed by atoms with Crippen LogP contribution < -0.4 is 16.6 Å². The highest BCUT2D eigenvalue weighted by Gasteiger charge is 2.22. The van der Waals surface area contributed by atoms with E-state index in [2.05, 4.69) is 15.7 Å². The third-order valence-corrected chi connectivity index (χ3v) is 3.07. The van der Waals surface area contributed by atoms with Crippen LogP contribution in [0.4, 0.5) is 5.82 Å². The topological polar surface area (TPSA) is 89.3 Å². The molecule has 0 saturated carbocycles. The Morgan fingerprint density at radius 2 is 2.10 bits per heavy atom. The number of anilines is 1. The molecule has 6 nitrogen and oxygen atoms in total. The number of nitrogens with one attached hydrogen (secondary N) is 2. The number of nitrogen functional groups attached to an aromatic ring is 1. The molecule has 2 rings (SSSR count). The fourth-order valence-corrected chi connectivity index (χ4v) is 2.19. The third-order valence-electron chi connectivity index (χ3n) is 3.07. The van der Waals surface area contributed by atoms with E-state index in [1.165, 1.54) is 0 Å². The Labute approximate surface area is 123 Å². The number of aromatic nitrogens is 1. The molecular weight excluding hydrogens is 268 g/mol. The minimum absolute atomic E-state index is 0.265. The van der Waals surface area contributed by atoms with Gasteiger partial charge < -0.3 is 15.5 Å². The van der Waals surface area contributed by atoms with Gasteiger partial charge in [-0.2, -0.15) is 0 Å². The maximum atomic E-state index is 12.3. The van der Waals surface area contributed by atoms with Crippen LogP contribution in [0.3, 0.4) is 0 Å². The molecule has 0 spiro atoms. The summed E-state index contributed by atoms with van der Waals surface area (Å²) >= 11 is 0. The number of hydrogen-bond acceptors (Lipinski definition) is 5. The number of amides is 1. The summed E-state index contributed by atoms with van der Waals surface area (Å²) in [6, 6.07) is 9.35. The van der Waals surface area contributed by atoms with E-state index in [0.717, 1.165) is 10.8 Å². The van der Waals surface area contributed by atoms with Gasteiger partial charge in [0, 0.05) is 12.5 Å². The van der Waals surface area contributed by atoms with Gasteiger partial charge >= 0.3 is 0 Å². The van der Waals surface area contributed by atoms with Crippen molar-refractivity contribution in [2.45, 2.75) is 19.4 Å². The smallest absolute Gasteiger partial charge is 0.270 e. The number of carbonyl (C=O) groups is 1. The van der Waals surface area contributed by atoms with Crippen molar-refractivity contribution in [3.63, 3.8) is 0 Å².